The average Bonchev–Trinajstić information content (AvgIpc) is 2.87. The number of hydrogen-bond acceptors (Lipinski definition) is 5. The molecule has 0 aliphatic carbocycles. The van der Waals surface area contributed by atoms with Gasteiger partial charge in [-0.2, -0.15) is 0 Å². The van der Waals surface area contributed by atoms with Crippen LogP contribution in [0.25, 0.3) is 10.9 Å². The highest BCUT2D eigenvalue weighted by atomic mass is 32.2. The molecule has 1 saturated heterocycles. The number of rotatable bonds is 7. The molecule has 2 heterocycles. The van der Waals surface area contributed by atoms with Crippen molar-refractivity contribution in [1.29, 1.82) is 0 Å². The second-order valence-corrected chi connectivity index (χ2v) is 9.95. The number of benzene rings is 2. The predicted octanol–water partition coefficient (Wildman–Crippen LogP) is 3.91. The number of hydrogen-bond donors (Lipinski definition) is 1. The number of urea groups is 1. The molecule has 0 atom stereocenters. The van der Waals surface area contributed by atoms with Crippen LogP contribution in [0.15, 0.2) is 64.5 Å². The number of carbonyl (C=O) groups is 2. The third-order valence-corrected chi connectivity index (χ3v) is 6.99. The van der Waals surface area contributed by atoms with E-state index in [2.05, 4.69) is 19.2 Å². The van der Waals surface area contributed by atoms with E-state index in [1.54, 1.807) is 20.4 Å². The van der Waals surface area contributed by atoms with Crippen LogP contribution in [0.4, 0.5) is 10.5 Å². The normalized spacial score (nSPS) is 13.9. The van der Waals surface area contributed by atoms with Crippen LogP contribution in [0.3, 0.4) is 0 Å². The van der Waals surface area contributed by atoms with Gasteiger partial charge < -0.3 is 15.1 Å². The minimum Gasteiger partial charge on any atom is -0.338 e. The smallest absolute Gasteiger partial charge is 0.321 e. The first-order valence-corrected chi connectivity index (χ1v) is 12.9. The molecule has 1 fully saturated rings. The SMILES string of the molecule is CC(C)CCn1c(SCC(=O)N2CCN(C(=O)Nc3ccccc3)CC2)nc2ccccc2c1=O. The van der Waals surface area contributed by atoms with E-state index in [1.807, 2.05) is 48.5 Å². The van der Waals surface area contributed by atoms with E-state index in [4.69, 9.17) is 4.98 Å². The van der Waals surface area contributed by atoms with Crippen LogP contribution < -0.4 is 10.9 Å². The second kappa shape index (κ2) is 11.4. The summed E-state index contributed by atoms with van der Waals surface area (Å²) in [5.41, 5.74) is 1.33. The predicted molar refractivity (Wildman–Crippen MR) is 140 cm³/mol. The van der Waals surface area contributed by atoms with Crippen molar-refractivity contribution >= 4 is 40.3 Å². The van der Waals surface area contributed by atoms with E-state index >= 15 is 0 Å². The fourth-order valence-electron chi connectivity index (χ4n) is 3.94. The zero-order chi connectivity index (χ0) is 24.8. The Morgan fingerprint density at radius 1 is 0.971 bits per heavy atom. The lowest BCUT2D eigenvalue weighted by molar-refractivity contribution is -0.129. The fourth-order valence-corrected chi connectivity index (χ4v) is 4.87. The molecule has 3 amide bonds. The van der Waals surface area contributed by atoms with Crippen LogP contribution in [0, 0.1) is 5.92 Å². The van der Waals surface area contributed by atoms with Crippen LogP contribution in [-0.2, 0) is 11.3 Å². The Morgan fingerprint density at radius 2 is 1.63 bits per heavy atom. The molecule has 2 aromatic carbocycles. The molecule has 0 bridgehead atoms. The highest BCUT2D eigenvalue weighted by Gasteiger charge is 2.25. The number of aromatic nitrogens is 2. The monoisotopic (exact) mass is 493 g/mol. The lowest BCUT2D eigenvalue weighted by Crippen LogP contribution is -2.52. The van der Waals surface area contributed by atoms with Crippen molar-refractivity contribution in [1.82, 2.24) is 19.4 Å². The Morgan fingerprint density at radius 3 is 2.34 bits per heavy atom. The Balaban J connectivity index is 1.37. The van der Waals surface area contributed by atoms with Gasteiger partial charge in [0.25, 0.3) is 5.56 Å². The summed E-state index contributed by atoms with van der Waals surface area (Å²) < 4.78 is 1.70. The number of nitrogens with zero attached hydrogens (tertiary/aromatic N) is 4. The first kappa shape index (κ1) is 24.8. The van der Waals surface area contributed by atoms with Gasteiger partial charge in [0, 0.05) is 38.4 Å². The number of amides is 3. The van der Waals surface area contributed by atoms with Crippen LogP contribution in [0.1, 0.15) is 20.3 Å². The van der Waals surface area contributed by atoms with Crippen LogP contribution in [0.2, 0.25) is 0 Å². The molecule has 0 radical (unpaired) electrons. The molecule has 3 aromatic rings. The summed E-state index contributed by atoms with van der Waals surface area (Å²) in [6, 6.07) is 16.5. The van der Waals surface area contributed by atoms with Gasteiger partial charge in [-0.05, 0) is 36.6 Å². The molecule has 4 rings (SSSR count). The first-order valence-electron chi connectivity index (χ1n) is 11.9. The van der Waals surface area contributed by atoms with Crippen LogP contribution >= 0.6 is 11.8 Å². The molecule has 35 heavy (non-hydrogen) atoms. The lowest BCUT2D eigenvalue weighted by atomic mass is 10.1. The van der Waals surface area contributed by atoms with E-state index in [9.17, 15) is 14.4 Å². The zero-order valence-corrected chi connectivity index (χ0v) is 21.0. The molecule has 8 nitrogen and oxygen atoms in total. The molecular formula is C26H31N5O3S. The Kier molecular flexibility index (Phi) is 8.07. The summed E-state index contributed by atoms with van der Waals surface area (Å²) >= 11 is 1.31. The van der Waals surface area contributed by atoms with Gasteiger partial charge in [0.05, 0.1) is 16.7 Å². The van der Waals surface area contributed by atoms with E-state index in [0.717, 1.165) is 12.1 Å². The quantitative estimate of drug-likeness (QED) is 0.398. The van der Waals surface area contributed by atoms with E-state index < -0.39 is 0 Å². The van der Waals surface area contributed by atoms with E-state index in [0.29, 0.717) is 54.7 Å². The summed E-state index contributed by atoms with van der Waals surface area (Å²) in [6.45, 7) is 6.72. The molecular weight excluding hydrogens is 462 g/mol. The summed E-state index contributed by atoms with van der Waals surface area (Å²) in [5, 5.41) is 4.05. The average molecular weight is 494 g/mol. The minimum atomic E-state index is -0.160. The maximum Gasteiger partial charge on any atom is 0.321 e. The summed E-state index contributed by atoms with van der Waals surface area (Å²) in [6.07, 6.45) is 0.856. The largest absolute Gasteiger partial charge is 0.338 e. The highest BCUT2D eigenvalue weighted by Crippen LogP contribution is 2.20. The van der Waals surface area contributed by atoms with Crippen molar-refractivity contribution in [2.45, 2.75) is 32.0 Å². The summed E-state index contributed by atoms with van der Waals surface area (Å²) in [7, 11) is 0. The van der Waals surface area contributed by atoms with E-state index in [-0.39, 0.29) is 23.3 Å². The molecule has 1 N–H and O–H groups in total. The van der Waals surface area contributed by atoms with Gasteiger partial charge in [-0.1, -0.05) is 55.9 Å². The second-order valence-electron chi connectivity index (χ2n) is 9.00. The van der Waals surface area contributed by atoms with Crippen molar-refractivity contribution < 1.29 is 9.59 Å². The molecule has 1 aromatic heterocycles. The van der Waals surface area contributed by atoms with Crippen molar-refractivity contribution in [2.24, 2.45) is 5.92 Å². The van der Waals surface area contributed by atoms with Gasteiger partial charge in [0.1, 0.15) is 0 Å². The molecule has 1 aliphatic rings. The standard InChI is InChI=1S/C26H31N5O3S/c1-19(2)12-13-31-24(33)21-10-6-7-11-22(21)28-26(31)35-18-23(32)29-14-16-30(17-15-29)25(34)27-20-8-4-3-5-9-20/h3-11,19H,12-18H2,1-2H3,(H,27,34). The Labute approximate surface area is 209 Å². The van der Waals surface area contributed by atoms with Gasteiger partial charge >= 0.3 is 6.03 Å². The van der Waals surface area contributed by atoms with Crippen molar-refractivity contribution in [3.63, 3.8) is 0 Å². The molecule has 0 spiro atoms. The number of thioether (sulfide) groups is 1. The highest BCUT2D eigenvalue weighted by molar-refractivity contribution is 7.99. The molecule has 0 saturated carbocycles. The molecule has 9 heteroatoms. The maximum absolute atomic E-state index is 13.1. The minimum absolute atomic E-state index is 0.0177. The van der Waals surface area contributed by atoms with Gasteiger partial charge in [0.15, 0.2) is 5.16 Å². The first-order chi connectivity index (χ1) is 16.9. The Hall–Kier alpha value is -3.33. The van der Waals surface area contributed by atoms with Gasteiger partial charge in [-0.3, -0.25) is 14.2 Å². The molecule has 1 aliphatic heterocycles. The summed E-state index contributed by atoms with van der Waals surface area (Å²) in [4.78, 5) is 46.7. The Bertz CT molecular complexity index is 1240. The zero-order valence-electron chi connectivity index (χ0n) is 20.1. The number of carbonyl (C=O) groups excluding carboxylic acids is 2. The third-order valence-electron chi connectivity index (χ3n) is 6.03. The summed E-state index contributed by atoms with van der Waals surface area (Å²) in [5.74, 6) is 0.627. The van der Waals surface area contributed by atoms with Crippen molar-refractivity contribution in [3.05, 3.63) is 65.0 Å². The number of nitrogens with one attached hydrogen (secondary N) is 1. The van der Waals surface area contributed by atoms with E-state index in [1.165, 1.54) is 11.8 Å². The van der Waals surface area contributed by atoms with Crippen LogP contribution in [-0.4, -0.2) is 63.2 Å². The number of piperazine rings is 1. The van der Waals surface area contributed by atoms with Gasteiger partial charge in [0.2, 0.25) is 5.91 Å². The fraction of sp³-hybridized carbons (Fsp3) is 0.385. The molecule has 184 valence electrons. The van der Waals surface area contributed by atoms with Crippen molar-refractivity contribution in [3.8, 4) is 0 Å². The molecule has 0 unspecified atom stereocenters. The third kappa shape index (κ3) is 6.22. The van der Waals surface area contributed by atoms with Crippen molar-refractivity contribution in [2.75, 3.05) is 37.2 Å². The van der Waals surface area contributed by atoms with Crippen LogP contribution in [0.5, 0.6) is 0 Å². The van der Waals surface area contributed by atoms with Gasteiger partial charge in [-0.25, -0.2) is 9.78 Å². The maximum atomic E-state index is 13.1. The number of para-hydroxylation sites is 2. The van der Waals surface area contributed by atoms with Gasteiger partial charge in [-0.15, -0.1) is 0 Å². The lowest BCUT2D eigenvalue weighted by Gasteiger charge is -2.34. The number of anilines is 1. The topological polar surface area (TPSA) is 87.5 Å². The number of fused-ring (bicyclic) bond motifs is 1.